The van der Waals surface area contributed by atoms with Gasteiger partial charge >= 0.3 is 0 Å². The number of aromatic nitrogens is 1. The molecule has 1 amide bonds. The van der Waals surface area contributed by atoms with E-state index < -0.39 is 0 Å². The molecular formula is C20H32N4O3. The maximum Gasteiger partial charge on any atom is 0.248 e. The number of likely N-dealkylation sites (tertiary alicyclic amines) is 1. The van der Waals surface area contributed by atoms with E-state index in [1.807, 2.05) is 36.2 Å². The Bertz CT molecular complexity index is 587. The van der Waals surface area contributed by atoms with Gasteiger partial charge in [0, 0.05) is 45.8 Å². The zero-order valence-corrected chi connectivity index (χ0v) is 16.5. The molecule has 7 heteroatoms. The Balaban J connectivity index is 1.40. The third kappa shape index (κ3) is 6.07. The predicted molar refractivity (Wildman–Crippen MR) is 106 cm³/mol. The number of carbonyl (C=O) groups excluding carboxylic acids is 1. The third-order valence-corrected chi connectivity index (χ3v) is 5.26. The van der Waals surface area contributed by atoms with E-state index in [1.54, 1.807) is 0 Å². The van der Waals surface area contributed by atoms with Crippen molar-refractivity contribution in [3.05, 3.63) is 18.3 Å². The minimum atomic E-state index is 0.103. The Hall–Kier alpha value is -1.86. The van der Waals surface area contributed by atoms with Crippen LogP contribution in [0.2, 0.25) is 0 Å². The molecule has 1 N–H and O–H groups in total. The number of amides is 1. The van der Waals surface area contributed by atoms with Gasteiger partial charge in [0.05, 0.1) is 25.1 Å². The molecule has 0 saturated carbocycles. The normalized spacial score (nSPS) is 23.1. The fraction of sp³-hybridized carbons (Fsp3) is 0.700. The van der Waals surface area contributed by atoms with Crippen molar-refractivity contribution in [3.8, 4) is 0 Å². The van der Waals surface area contributed by atoms with Crippen LogP contribution in [0.4, 0.5) is 11.5 Å². The lowest BCUT2D eigenvalue weighted by molar-refractivity contribution is -0.136. The smallest absolute Gasteiger partial charge is 0.248 e. The van der Waals surface area contributed by atoms with Crippen molar-refractivity contribution >= 4 is 17.4 Å². The van der Waals surface area contributed by atoms with Crippen LogP contribution in [0.3, 0.4) is 0 Å². The minimum absolute atomic E-state index is 0.103. The summed E-state index contributed by atoms with van der Waals surface area (Å²) in [5, 5.41) is 3.56. The summed E-state index contributed by atoms with van der Waals surface area (Å²) in [6.07, 6.45) is 5.92. The molecule has 2 aliphatic rings. The van der Waals surface area contributed by atoms with Gasteiger partial charge in [0.15, 0.2) is 0 Å². The zero-order chi connectivity index (χ0) is 19.1. The first-order chi connectivity index (χ1) is 13.1. The van der Waals surface area contributed by atoms with Gasteiger partial charge in [-0.05, 0) is 37.8 Å². The van der Waals surface area contributed by atoms with Crippen LogP contribution in [0.1, 0.15) is 25.7 Å². The summed E-state index contributed by atoms with van der Waals surface area (Å²) in [6, 6.07) is 4.45. The Labute approximate surface area is 162 Å². The van der Waals surface area contributed by atoms with Gasteiger partial charge in [-0.25, -0.2) is 4.98 Å². The van der Waals surface area contributed by atoms with Crippen LogP contribution in [0.5, 0.6) is 0 Å². The molecule has 1 aromatic rings. The van der Waals surface area contributed by atoms with E-state index in [-0.39, 0.29) is 12.5 Å². The fourth-order valence-corrected chi connectivity index (χ4v) is 3.58. The summed E-state index contributed by atoms with van der Waals surface area (Å²) in [7, 11) is 3.97. The predicted octanol–water partition coefficient (Wildman–Crippen LogP) is 1.99. The highest BCUT2D eigenvalue weighted by Crippen LogP contribution is 2.18. The third-order valence-electron chi connectivity index (χ3n) is 5.26. The second-order valence-corrected chi connectivity index (χ2v) is 7.70. The van der Waals surface area contributed by atoms with Crippen molar-refractivity contribution in [1.82, 2.24) is 9.88 Å². The van der Waals surface area contributed by atoms with Crippen molar-refractivity contribution in [1.29, 1.82) is 0 Å². The molecule has 0 spiro atoms. The number of anilines is 2. The van der Waals surface area contributed by atoms with Crippen LogP contribution in [-0.2, 0) is 14.3 Å². The lowest BCUT2D eigenvalue weighted by Crippen LogP contribution is -2.35. The fourth-order valence-electron chi connectivity index (χ4n) is 3.58. The van der Waals surface area contributed by atoms with Gasteiger partial charge in [-0.2, -0.15) is 0 Å². The first-order valence-corrected chi connectivity index (χ1v) is 9.95. The highest BCUT2D eigenvalue weighted by atomic mass is 16.5. The summed E-state index contributed by atoms with van der Waals surface area (Å²) in [4.78, 5) is 20.8. The molecule has 27 heavy (non-hydrogen) atoms. The molecule has 0 aliphatic carbocycles. The number of hydrogen-bond acceptors (Lipinski definition) is 6. The van der Waals surface area contributed by atoms with Crippen LogP contribution in [0.15, 0.2) is 18.3 Å². The SMILES string of the molecule is CN(C)c1ccc(NC2CCCN(C(=O)COCC3CCOC3)CC2)cn1. The van der Waals surface area contributed by atoms with Gasteiger partial charge in [0.2, 0.25) is 5.91 Å². The Morgan fingerprint density at radius 3 is 2.93 bits per heavy atom. The van der Waals surface area contributed by atoms with E-state index in [1.165, 1.54) is 0 Å². The first-order valence-electron chi connectivity index (χ1n) is 9.95. The van der Waals surface area contributed by atoms with Crippen LogP contribution in [0, 0.1) is 5.92 Å². The minimum Gasteiger partial charge on any atom is -0.381 e. The average Bonchev–Trinajstić information content (AvgIpc) is 3.07. The van der Waals surface area contributed by atoms with E-state index in [9.17, 15) is 4.79 Å². The summed E-state index contributed by atoms with van der Waals surface area (Å²) in [5.74, 6) is 1.50. The van der Waals surface area contributed by atoms with E-state index >= 15 is 0 Å². The molecule has 2 saturated heterocycles. The molecule has 0 aromatic carbocycles. The summed E-state index contributed by atoms with van der Waals surface area (Å²) in [5.41, 5.74) is 1.03. The number of carbonyl (C=O) groups is 1. The largest absolute Gasteiger partial charge is 0.381 e. The van der Waals surface area contributed by atoms with Gasteiger partial charge in [0.1, 0.15) is 12.4 Å². The molecule has 2 atom stereocenters. The summed E-state index contributed by atoms with van der Waals surface area (Å²) < 4.78 is 11.0. The van der Waals surface area contributed by atoms with Crippen molar-refractivity contribution < 1.29 is 14.3 Å². The van der Waals surface area contributed by atoms with Crippen LogP contribution < -0.4 is 10.2 Å². The molecule has 0 radical (unpaired) electrons. The molecule has 150 valence electrons. The molecule has 7 nitrogen and oxygen atoms in total. The maximum absolute atomic E-state index is 12.4. The Kier molecular flexibility index (Phi) is 7.29. The topological polar surface area (TPSA) is 66.9 Å². The van der Waals surface area contributed by atoms with Gasteiger partial charge < -0.3 is 24.6 Å². The van der Waals surface area contributed by atoms with E-state index in [4.69, 9.17) is 9.47 Å². The molecule has 1 aromatic heterocycles. The van der Waals surface area contributed by atoms with Crippen LogP contribution in [-0.4, -0.2) is 75.4 Å². The van der Waals surface area contributed by atoms with Crippen LogP contribution >= 0.6 is 0 Å². The zero-order valence-electron chi connectivity index (χ0n) is 16.5. The van der Waals surface area contributed by atoms with Crippen molar-refractivity contribution in [2.45, 2.75) is 31.7 Å². The summed E-state index contributed by atoms with van der Waals surface area (Å²) in [6.45, 7) is 3.97. The van der Waals surface area contributed by atoms with Gasteiger partial charge in [-0.1, -0.05) is 0 Å². The number of ether oxygens (including phenoxy) is 2. The number of rotatable bonds is 7. The van der Waals surface area contributed by atoms with Crippen LogP contribution in [0.25, 0.3) is 0 Å². The first kappa shape index (κ1) is 19.9. The number of hydrogen-bond donors (Lipinski definition) is 1. The standard InChI is InChI=1S/C20H32N4O3/c1-23(2)19-6-5-18(12-21-19)22-17-4-3-9-24(10-7-17)20(25)15-27-14-16-8-11-26-13-16/h5-6,12,16-17,22H,3-4,7-11,13-15H2,1-2H3. The molecule has 2 unspecified atom stereocenters. The molecule has 3 rings (SSSR count). The average molecular weight is 377 g/mol. The van der Waals surface area contributed by atoms with E-state index in [0.29, 0.717) is 18.6 Å². The lowest BCUT2D eigenvalue weighted by Gasteiger charge is -2.21. The Morgan fingerprint density at radius 2 is 2.22 bits per heavy atom. The van der Waals surface area contributed by atoms with Crippen molar-refractivity contribution in [2.75, 3.05) is 63.8 Å². The summed E-state index contributed by atoms with van der Waals surface area (Å²) >= 11 is 0. The molecule has 3 heterocycles. The number of nitrogens with one attached hydrogen (secondary N) is 1. The maximum atomic E-state index is 12.4. The van der Waals surface area contributed by atoms with E-state index in [0.717, 1.165) is 63.5 Å². The Morgan fingerprint density at radius 1 is 1.33 bits per heavy atom. The van der Waals surface area contributed by atoms with Crippen molar-refractivity contribution in [2.24, 2.45) is 5.92 Å². The second kappa shape index (κ2) is 9.90. The molecule has 2 fully saturated rings. The second-order valence-electron chi connectivity index (χ2n) is 7.70. The van der Waals surface area contributed by atoms with Gasteiger partial charge in [-0.3, -0.25) is 4.79 Å². The molecule has 0 bridgehead atoms. The van der Waals surface area contributed by atoms with Gasteiger partial charge in [-0.15, -0.1) is 0 Å². The highest BCUT2D eigenvalue weighted by Gasteiger charge is 2.22. The molecule has 2 aliphatic heterocycles. The molecular weight excluding hydrogens is 344 g/mol. The number of pyridine rings is 1. The van der Waals surface area contributed by atoms with E-state index in [2.05, 4.69) is 16.4 Å². The quantitative estimate of drug-likeness (QED) is 0.785. The highest BCUT2D eigenvalue weighted by molar-refractivity contribution is 5.77. The van der Waals surface area contributed by atoms with Gasteiger partial charge in [0.25, 0.3) is 0 Å². The monoisotopic (exact) mass is 376 g/mol. The lowest BCUT2D eigenvalue weighted by atomic mass is 10.1. The number of nitrogens with zero attached hydrogens (tertiary/aromatic N) is 3. The van der Waals surface area contributed by atoms with Crippen molar-refractivity contribution in [3.63, 3.8) is 0 Å².